The molecule has 3 N–H and O–H groups in total. The summed E-state index contributed by atoms with van der Waals surface area (Å²) >= 11 is 0. The number of nitrogens with one attached hydrogen (secondary N) is 2. The molecule has 1 saturated carbocycles. The molecule has 0 aromatic heterocycles. The van der Waals surface area contributed by atoms with Crippen molar-refractivity contribution < 1.29 is 19.1 Å². The number of carboxylic acids is 1. The molecule has 0 bridgehead atoms. The van der Waals surface area contributed by atoms with Gasteiger partial charge in [0.05, 0.1) is 11.6 Å². The van der Waals surface area contributed by atoms with Crippen LogP contribution >= 0.6 is 0 Å². The Morgan fingerprint density at radius 3 is 2.56 bits per heavy atom. The van der Waals surface area contributed by atoms with Crippen LogP contribution in [0.5, 0.6) is 0 Å². The Balaban J connectivity index is 0.000000181. The maximum absolute atomic E-state index is 12.9. The number of carbonyl (C=O) groups is 2. The number of hydrogen-bond acceptors (Lipinski definition) is 4. The van der Waals surface area contributed by atoms with Crippen molar-refractivity contribution in [3.8, 4) is 0 Å². The van der Waals surface area contributed by atoms with E-state index in [-0.39, 0.29) is 11.6 Å². The first kappa shape index (κ1) is 19.4. The van der Waals surface area contributed by atoms with Gasteiger partial charge in [0, 0.05) is 12.7 Å². The topological polar surface area (TPSA) is 78.4 Å². The second-order valence-corrected chi connectivity index (χ2v) is 6.72. The zero-order valence-electron chi connectivity index (χ0n) is 14.6. The van der Waals surface area contributed by atoms with Crippen molar-refractivity contribution >= 4 is 17.9 Å². The zero-order valence-corrected chi connectivity index (χ0v) is 14.6. The predicted octanol–water partition coefficient (Wildman–Crippen LogP) is 3.31. The quantitative estimate of drug-likeness (QED) is 0.726. The first-order valence-corrected chi connectivity index (χ1v) is 8.96. The molecule has 1 saturated heterocycles. The summed E-state index contributed by atoms with van der Waals surface area (Å²) in [5, 5.41) is 14.5. The molecule has 1 aromatic carbocycles. The van der Waals surface area contributed by atoms with Gasteiger partial charge in [-0.25, -0.2) is 9.18 Å². The molecule has 1 heterocycles. The molecule has 2 unspecified atom stereocenters. The predicted molar refractivity (Wildman–Crippen MR) is 95.4 cm³/mol. The molecule has 6 heteroatoms. The average Bonchev–Trinajstić information content (AvgIpc) is 3.11. The summed E-state index contributed by atoms with van der Waals surface area (Å²) in [6.07, 6.45) is 9.22. The Morgan fingerprint density at radius 1 is 1.28 bits per heavy atom. The van der Waals surface area contributed by atoms with Gasteiger partial charge in [0.25, 0.3) is 0 Å². The van der Waals surface area contributed by atoms with Gasteiger partial charge in [0.15, 0.2) is 0 Å². The standard InChI is InChI=1S/C11H19NO.C8H8FNO2/c13-8-11-10(6-7-12-11)9-4-2-1-3-5-9;1-10-5-2-3-6(8(11)12)7(9)4-5/h8-12H,1-7H2;2-4,10H,1H3,(H,11,12). The van der Waals surface area contributed by atoms with Gasteiger partial charge in [0.2, 0.25) is 0 Å². The fraction of sp³-hybridized carbons (Fsp3) is 0.579. The van der Waals surface area contributed by atoms with E-state index in [1.807, 2.05) is 0 Å². The Hall–Kier alpha value is -1.95. The van der Waals surface area contributed by atoms with E-state index in [0.717, 1.165) is 24.8 Å². The fourth-order valence-corrected chi connectivity index (χ4v) is 3.83. The van der Waals surface area contributed by atoms with E-state index in [0.29, 0.717) is 11.6 Å². The second-order valence-electron chi connectivity index (χ2n) is 6.72. The van der Waals surface area contributed by atoms with Crippen molar-refractivity contribution in [2.45, 2.75) is 44.6 Å². The number of rotatable bonds is 4. The lowest BCUT2D eigenvalue weighted by Gasteiger charge is -2.29. The van der Waals surface area contributed by atoms with Gasteiger partial charge >= 0.3 is 5.97 Å². The van der Waals surface area contributed by atoms with Crippen molar-refractivity contribution in [2.75, 3.05) is 18.9 Å². The van der Waals surface area contributed by atoms with Gasteiger partial charge < -0.3 is 20.5 Å². The molecule has 1 aliphatic carbocycles. The van der Waals surface area contributed by atoms with E-state index < -0.39 is 11.8 Å². The summed E-state index contributed by atoms with van der Waals surface area (Å²) in [7, 11) is 1.63. The smallest absolute Gasteiger partial charge is 0.338 e. The van der Waals surface area contributed by atoms with Gasteiger partial charge in [-0.1, -0.05) is 32.1 Å². The Bertz CT molecular complexity index is 588. The number of benzene rings is 1. The van der Waals surface area contributed by atoms with Crippen LogP contribution in [0.15, 0.2) is 18.2 Å². The normalized spacial score (nSPS) is 23.4. The highest BCUT2D eigenvalue weighted by Crippen LogP contribution is 2.35. The minimum absolute atomic E-state index is 0.170. The molecular formula is C19H27FN2O3. The number of hydrogen-bond donors (Lipinski definition) is 3. The molecule has 25 heavy (non-hydrogen) atoms. The van der Waals surface area contributed by atoms with Gasteiger partial charge in [-0.3, -0.25) is 0 Å². The van der Waals surface area contributed by atoms with Crippen molar-refractivity contribution in [1.82, 2.24) is 5.32 Å². The van der Waals surface area contributed by atoms with Crippen LogP contribution in [0.3, 0.4) is 0 Å². The summed E-state index contributed by atoms with van der Waals surface area (Å²) in [6.45, 7) is 1.05. The van der Waals surface area contributed by atoms with Crippen LogP contribution in [0.25, 0.3) is 0 Å². The van der Waals surface area contributed by atoms with E-state index in [2.05, 4.69) is 10.6 Å². The highest BCUT2D eigenvalue weighted by atomic mass is 19.1. The van der Waals surface area contributed by atoms with Crippen LogP contribution in [-0.4, -0.2) is 37.0 Å². The highest BCUT2D eigenvalue weighted by molar-refractivity contribution is 5.88. The number of carboxylic acid groups (broad SMARTS) is 1. The van der Waals surface area contributed by atoms with Crippen LogP contribution < -0.4 is 10.6 Å². The molecule has 0 amide bonds. The number of carbonyl (C=O) groups excluding carboxylic acids is 1. The molecule has 138 valence electrons. The summed E-state index contributed by atoms with van der Waals surface area (Å²) in [6, 6.07) is 4.04. The van der Waals surface area contributed by atoms with Crippen LogP contribution in [0.2, 0.25) is 0 Å². The number of halogens is 1. The Kier molecular flexibility index (Phi) is 7.37. The van der Waals surface area contributed by atoms with Crippen molar-refractivity contribution in [1.29, 1.82) is 0 Å². The Labute approximate surface area is 148 Å². The molecular weight excluding hydrogens is 323 g/mol. The molecule has 2 fully saturated rings. The third kappa shape index (κ3) is 5.26. The van der Waals surface area contributed by atoms with Crippen LogP contribution in [0, 0.1) is 17.7 Å². The second kappa shape index (κ2) is 9.51. The van der Waals surface area contributed by atoms with Gasteiger partial charge in [-0.15, -0.1) is 0 Å². The highest BCUT2D eigenvalue weighted by Gasteiger charge is 2.33. The third-order valence-corrected chi connectivity index (χ3v) is 5.21. The minimum atomic E-state index is -1.25. The van der Waals surface area contributed by atoms with E-state index in [1.54, 1.807) is 7.05 Å². The SMILES string of the molecule is CNc1ccc(C(=O)O)c(F)c1.O=CC1NCCC1C1CCCCC1. The minimum Gasteiger partial charge on any atom is -0.478 e. The lowest BCUT2D eigenvalue weighted by atomic mass is 9.77. The molecule has 0 radical (unpaired) electrons. The first-order chi connectivity index (χ1) is 12.1. The summed E-state index contributed by atoms with van der Waals surface area (Å²) in [5.41, 5.74) is 0.242. The maximum Gasteiger partial charge on any atom is 0.338 e. The Morgan fingerprint density at radius 2 is 2.00 bits per heavy atom. The zero-order chi connectivity index (χ0) is 18.2. The lowest BCUT2D eigenvalue weighted by molar-refractivity contribution is -0.110. The maximum atomic E-state index is 12.9. The number of aromatic carboxylic acids is 1. The molecule has 1 aromatic rings. The molecule has 2 atom stereocenters. The summed E-state index contributed by atoms with van der Waals surface area (Å²) < 4.78 is 12.9. The number of aldehydes is 1. The largest absolute Gasteiger partial charge is 0.478 e. The fourth-order valence-electron chi connectivity index (χ4n) is 3.83. The molecule has 1 aliphatic heterocycles. The van der Waals surface area contributed by atoms with Gasteiger partial charge in [0.1, 0.15) is 12.1 Å². The third-order valence-electron chi connectivity index (χ3n) is 5.21. The van der Waals surface area contributed by atoms with E-state index in [9.17, 15) is 14.0 Å². The molecule has 2 aliphatic rings. The van der Waals surface area contributed by atoms with Crippen LogP contribution in [0.1, 0.15) is 48.9 Å². The van der Waals surface area contributed by atoms with Crippen LogP contribution in [0.4, 0.5) is 10.1 Å². The van der Waals surface area contributed by atoms with Gasteiger partial charge in [-0.05, 0) is 43.0 Å². The van der Waals surface area contributed by atoms with Crippen molar-refractivity contribution in [3.05, 3.63) is 29.6 Å². The number of anilines is 1. The van der Waals surface area contributed by atoms with Crippen molar-refractivity contribution in [3.63, 3.8) is 0 Å². The lowest BCUT2D eigenvalue weighted by Crippen LogP contribution is -2.33. The average molecular weight is 350 g/mol. The van der Waals surface area contributed by atoms with Gasteiger partial charge in [-0.2, -0.15) is 0 Å². The summed E-state index contributed by atoms with van der Waals surface area (Å²) in [4.78, 5) is 21.2. The monoisotopic (exact) mass is 350 g/mol. The van der Waals surface area contributed by atoms with E-state index in [1.165, 1.54) is 50.7 Å². The summed E-state index contributed by atoms with van der Waals surface area (Å²) in [5.74, 6) is -0.499. The van der Waals surface area contributed by atoms with Crippen LogP contribution in [-0.2, 0) is 4.79 Å². The van der Waals surface area contributed by atoms with E-state index >= 15 is 0 Å². The van der Waals surface area contributed by atoms with Crippen molar-refractivity contribution in [2.24, 2.45) is 11.8 Å². The molecule has 0 spiro atoms. The van der Waals surface area contributed by atoms with E-state index in [4.69, 9.17) is 5.11 Å². The first-order valence-electron chi connectivity index (χ1n) is 8.96. The molecule has 5 nitrogen and oxygen atoms in total. The molecule has 3 rings (SSSR count).